The number of aromatic nitrogens is 1. The molecule has 1 aliphatic rings. The lowest BCUT2D eigenvalue weighted by Crippen LogP contribution is -2.22. The number of aromatic hydroxyl groups is 1. The summed E-state index contributed by atoms with van der Waals surface area (Å²) < 4.78 is 7.62. The zero-order valence-electron chi connectivity index (χ0n) is 20.0. The molecule has 0 radical (unpaired) electrons. The van der Waals surface area contributed by atoms with Gasteiger partial charge in [0.1, 0.15) is 12.4 Å². The van der Waals surface area contributed by atoms with Crippen molar-refractivity contribution in [2.75, 3.05) is 13.1 Å². The molecule has 8 heteroatoms. The summed E-state index contributed by atoms with van der Waals surface area (Å²) in [5.41, 5.74) is 3.55. The lowest BCUT2D eigenvalue weighted by atomic mass is 10.1. The van der Waals surface area contributed by atoms with Crippen molar-refractivity contribution in [1.82, 2.24) is 9.47 Å². The number of azo groups is 1. The van der Waals surface area contributed by atoms with Gasteiger partial charge in [0.2, 0.25) is 5.88 Å². The molecule has 1 fully saturated rings. The summed E-state index contributed by atoms with van der Waals surface area (Å²) in [6.45, 7) is 4.92. The first-order chi connectivity index (χ1) is 17.5. The molecule has 184 valence electrons. The molecule has 7 nitrogen and oxygen atoms in total. The second-order valence-corrected chi connectivity index (χ2v) is 9.47. The Morgan fingerprint density at radius 2 is 1.83 bits per heavy atom. The quantitative estimate of drug-likeness (QED) is 0.280. The molecule has 0 aliphatic carbocycles. The van der Waals surface area contributed by atoms with Crippen LogP contribution in [0.25, 0.3) is 10.9 Å². The van der Waals surface area contributed by atoms with Gasteiger partial charge in [0.15, 0.2) is 5.69 Å². The maximum Gasteiger partial charge on any atom is 0.295 e. The van der Waals surface area contributed by atoms with Crippen molar-refractivity contribution in [2.45, 2.75) is 33.0 Å². The summed E-state index contributed by atoms with van der Waals surface area (Å²) in [7, 11) is 0. The van der Waals surface area contributed by atoms with Gasteiger partial charge < -0.3 is 9.84 Å². The molecule has 4 aromatic rings. The van der Waals surface area contributed by atoms with E-state index in [0.29, 0.717) is 35.3 Å². The number of hydrogen-bond acceptors (Lipinski definition) is 5. The van der Waals surface area contributed by atoms with Crippen molar-refractivity contribution in [1.29, 1.82) is 0 Å². The van der Waals surface area contributed by atoms with Crippen LogP contribution in [0.1, 0.15) is 34.3 Å². The Hall–Kier alpha value is -3.68. The number of ether oxygens (including phenoxy) is 1. The number of hydrogen-bond donors (Lipinski definition) is 1. The molecule has 3 aromatic carbocycles. The SMILES string of the molecule is Cc1ccc2c(c1)c(N=NC(=O)c1ccc(OCc3cccc(Cl)c3)cc1)c(O)n2CN1CCCC1. The molecular formula is C28H27ClN4O3. The van der Waals surface area contributed by atoms with Gasteiger partial charge in [-0.15, -0.1) is 10.2 Å². The standard InChI is InChI=1S/C28H27ClN4O3/c1-19-7-12-25-24(15-19)26(28(35)33(25)18-32-13-2-3-14-32)30-31-27(34)21-8-10-23(11-9-21)36-17-20-5-4-6-22(29)16-20/h4-12,15-16,35H,2-3,13-14,17-18H2,1H3. The van der Waals surface area contributed by atoms with Gasteiger partial charge in [-0.1, -0.05) is 35.4 Å². The molecule has 0 saturated carbocycles. The van der Waals surface area contributed by atoms with Gasteiger partial charge in [-0.2, -0.15) is 0 Å². The highest BCUT2D eigenvalue weighted by molar-refractivity contribution is 6.30. The first kappa shape index (κ1) is 24.0. The Bertz CT molecular complexity index is 1420. The topological polar surface area (TPSA) is 79.4 Å². The minimum atomic E-state index is -0.496. The van der Waals surface area contributed by atoms with Crippen molar-refractivity contribution in [3.8, 4) is 11.6 Å². The van der Waals surface area contributed by atoms with Crippen LogP contribution in [0.5, 0.6) is 11.6 Å². The average molecular weight is 503 g/mol. The van der Waals surface area contributed by atoms with Crippen LogP contribution < -0.4 is 4.74 Å². The molecule has 36 heavy (non-hydrogen) atoms. The van der Waals surface area contributed by atoms with E-state index < -0.39 is 5.91 Å². The Morgan fingerprint density at radius 1 is 1.06 bits per heavy atom. The highest BCUT2D eigenvalue weighted by atomic mass is 35.5. The van der Waals surface area contributed by atoms with E-state index in [1.165, 1.54) is 0 Å². The fourth-order valence-corrected chi connectivity index (χ4v) is 4.66. The van der Waals surface area contributed by atoms with Crippen molar-refractivity contribution >= 4 is 34.1 Å². The van der Waals surface area contributed by atoms with Gasteiger partial charge in [0.25, 0.3) is 5.91 Å². The van der Waals surface area contributed by atoms with Crippen molar-refractivity contribution < 1.29 is 14.6 Å². The van der Waals surface area contributed by atoms with E-state index in [-0.39, 0.29) is 5.88 Å². The number of aryl methyl sites for hydroxylation is 1. The summed E-state index contributed by atoms with van der Waals surface area (Å²) in [6, 6.07) is 20.1. The molecule has 1 amide bonds. The molecule has 0 unspecified atom stereocenters. The highest BCUT2D eigenvalue weighted by Gasteiger charge is 2.20. The summed E-state index contributed by atoms with van der Waals surface area (Å²) >= 11 is 6.01. The maximum atomic E-state index is 12.7. The van der Waals surface area contributed by atoms with Crippen LogP contribution in [0.3, 0.4) is 0 Å². The minimum Gasteiger partial charge on any atom is -0.493 e. The van der Waals surface area contributed by atoms with E-state index in [0.717, 1.165) is 48.0 Å². The maximum absolute atomic E-state index is 12.7. The third-order valence-electron chi connectivity index (χ3n) is 6.34. The third kappa shape index (κ3) is 5.27. The van der Waals surface area contributed by atoms with Gasteiger partial charge in [0.05, 0.1) is 12.2 Å². The summed E-state index contributed by atoms with van der Waals surface area (Å²) in [5, 5.41) is 20.5. The van der Waals surface area contributed by atoms with E-state index in [9.17, 15) is 9.90 Å². The predicted molar refractivity (Wildman–Crippen MR) is 140 cm³/mol. The van der Waals surface area contributed by atoms with E-state index in [1.807, 2.05) is 54.0 Å². The van der Waals surface area contributed by atoms with Crippen molar-refractivity contribution in [2.24, 2.45) is 10.2 Å². The number of halogens is 1. The molecule has 1 N–H and O–H groups in total. The number of benzene rings is 3. The number of carbonyl (C=O) groups excluding carboxylic acids is 1. The van der Waals surface area contributed by atoms with Crippen LogP contribution >= 0.6 is 11.6 Å². The number of fused-ring (bicyclic) bond motifs is 1. The number of carbonyl (C=O) groups is 1. The summed E-state index contributed by atoms with van der Waals surface area (Å²) in [6.07, 6.45) is 2.31. The van der Waals surface area contributed by atoms with Crippen LogP contribution in [0.4, 0.5) is 5.69 Å². The highest BCUT2D eigenvalue weighted by Crippen LogP contribution is 2.39. The molecule has 0 atom stereocenters. The smallest absolute Gasteiger partial charge is 0.295 e. The molecule has 1 aliphatic heterocycles. The van der Waals surface area contributed by atoms with E-state index in [2.05, 4.69) is 15.1 Å². The first-order valence-corrected chi connectivity index (χ1v) is 12.3. The Morgan fingerprint density at radius 3 is 2.58 bits per heavy atom. The molecule has 0 bridgehead atoms. The van der Waals surface area contributed by atoms with E-state index >= 15 is 0 Å². The predicted octanol–water partition coefficient (Wildman–Crippen LogP) is 6.87. The van der Waals surface area contributed by atoms with Gasteiger partial charge in [-0.05, 0) is 86.9 Å². The lowest BCUT2D eigenvalue weighted by molar-refractivity contribution is 0.0995. The minimum absolute atomic E-state index is 0.0174. The molecule has 2 heterocycles. The zero-order chi connectivity index (χ0) is 25.1. The fraction of sp³-hybridized carbons (Fsp3) is 0.250. The summed E-state index contributed by atoms with van der Waals surface area (Å²) in [4.78, 5) is 15.0. The molecule has 5 rings (SSSR count). The van der Waals surface area contributed by atoms with E-state index in [4.69, 9.17) is 16.3 Å². The largest absolute Gasteiger partial charge is 0.493 e. The second-order valence-electron chi connectivity index (χ2n) is 9.04. The normalized spacial score (nSPS) is 14.2. The second kappa shape index (κ2) is 10.5. The van der Waals surface area contributed by atoms with Gasteiger partial charge in [-0.25, -0.2) is 0 Å². The average Bonchev–Trinajstić information content (AvgIpc) is 3.48. The van der Waals surface area contributed by atoms with Crippen LogP contribution in [-0.4, -0.2) is 33.6 Å². The van der Waals surface area contributed by atoms with Crippen LogP contribution in [0, 0.1) is 6.92 Å². The van der Waals surface area contributed by atoms with Crippen LogP contribution in [0.15, 0.2) is 77.0 Å². The Kier molecular flexibility index (Phi) is 7.02. The molecular weight excluding hydrogens is 476 g/mol. The van der Waals surface area contributed by atoms with Crippen LogP contribution in [0.2, 0.25) is 5.02 Å². The Balaban J connectivity index is 1.32. The van der Waals surface area contributed by atoms with Gasteiger partial charge in [-0.3, -0.25) is 14.3 Å². The Labute approximate surface area is 214 Å². The number of rotatable bonds is 7. The van der Waals surface area contributed by atoms with Crippen LogP contribution in [-0.2, 0) is 13.3 Å². The number of amides is 1. The fourth-order valence-electron chi connectivity index (χ4n) is 4.44. The zero-order valence-corrected chi connectivity index (χ0v) is 20.8. The van der Waals surface area contributed by atoms with Crippen molar-refractivity contribution in [3.63, 3.8) is 0 Å². The number of nitrogens with zero attached hydrogens (tertiary/aromatic N) is 4. The molecule has 0 spiro atoms. The van der Waals surface area contributed by atoms with Crippen molar-refractivity contribution in [3.05, 3.63) is 88.4 Å². The van der Waals surface area contributed by atoms with Gasteiger partial charge in [0, 0.05) is 16.0 Å². The lowest BCUT2D eigenvalue weighted by Gasteiger charge is -2.17. The molecule has 1 aromatic heterocycles. The monoisotopic (exact) mass is 502 g/mol. The summed E-state index contributed by atoms with van der Waals surface area (Å²) in [5.74, 6) is 0.147. The number of likely N-dealkylation sites (tertiary alicyclic amines) is 1. The third-order valence-corrected chi connectivity index (χ3v) is 6.58. The first-order valence-electron chi connectivity index (χ1n) is 12.0. The van der Waals surface area contributed by atoms with E-state index in [1.54, 1.807) is 24.3 Å². The molecule has 1 saturated heterocycles. The van der Waals surface area contributed by atoms with Gasteiger partial charge >= 0.3 is 0 Å².